The molecule has 1 aliphatic heterocycles. The van der Waals surface area contributed by atoms with Crippen LogP contribution in [0.1, 0.15) is 41.1 Å². The molecule has 1 atom stereocenters. The number of aromatic nitrogens is 1. The molecule has 0 saturated carbocycles. The minimum atomic E-state index is -0.864. The number of carbonyl (C=O) groups excluding carboxylic acids is 2. The summed E-state index contributed by atoms with van der Waals surface area (Å²) < 4.78 is 11.1. The molecule has 1 unspecified atom stereocenters. The summed E-state index contributed by atoms with van der Waals surface area (Å²) in [6, 6.07) is 17.4. The van der Waals surface area contributed by atoms with E-state index in [-0.39, 0.29) is 11.3 Å². The van der Waals surface area contributed by atoms with Crippen molar-refractivity contribution in [2.45, 2.75) is 33.2 Å². The van der Waals surface area contributed by atoms with Gasteiger partial charge in [0.15, 0.2) is 5.13 Å². The predicted octanol–water partition coefficient (Wildman–Crippen LogP) is 6.34. The second-order valence-corrected chi connectivity index (χ2v) is 10.3. The van der Waals surface area contributed by atoms with Crippen molar-refractivity contribution in [1.82, 2.24) is 4.98 Å². The number of methoxy groups -OCH3 is 1. The van der Waals surface area contributed by atoms with Crippen LogP contribution in [0, 0.1) is 13.8 Å². The molecule has 1 aliphatic rings. The van der Waals surface area contributed by atoms with Gasteiger partial charge in [-0.15, -0.1) is 11.3 Å². The lowest BCUT2D eigenvalue weighted by atomic mass is 9.94. The van der Waals surface area contributed by atoms with Gasteiger partial charge < -0.3 is 14.6 Å². The van der Waals surface area contributed by atoms with Crippen molar-refractivity contribution >= 4 is 44.7 Å². The van der Waals surface area contributed by atoms with Crippen molar-refractivity contribution < 1.29 is 24.2 Å². The molecule has 1 N–H and O–H groups in total. The van der Waals surface area contributed by atoms with E-state index < -0.39 is 17.7 Å². The number of thiazole rings is 1. The number of hydrogen-bond donors (Lipinski definition) is 1. The molecule has 7 nitrogen and oxygen atoms in total. The number of fused-ring (bicyclic) bond motifs is 1. The number of amides is 1. The van der Waals surface area contributed by atoms with E-state index >= 15 is 0 Å². The maximum atomic E-state index is 13.5. The van der Waals surface area contributed by atoms with Crippen molar-refractivity contribution in [2.24, 2.45) is 0 Å². The van der Waals surface area contributed by atoms with Crippen molar-refractivity contribution in [1.29, 1.82) is 0 Å². The van der Waals surface area contributed by atoms with E-state index in [9.17, 15) is 14.7 Å². The van der Waals surface area contributed by atoms with Crippen LogP contribution in [0.5, 0.6) is 11.5 Å². The summed E-state index contributed by atoms with van der Waals surface area (Å²) in [5.41, 5.74) is 1.89. The first-order valence-electron chi connectivity index (χ1n) is 12.4. The smallest absolute Gasteiger partial charge is 0.301 e. The quantitative estimate of drug-likeness (QED) is 0.171. The highest BCUT2D eigenvalue weighted by Gasteiger charge is 2.48. The number of rotatable bonds is 7. The fraction of sp³-hybridized carbons (Fsp3) is 0.233. The third-order valence-corrected chi connectivity index (χ3v) is 7.71. The van der Waals surface area contributed by atoms with Gasteiger partial charge in [0.25, 0.3) is 5.78 Å². The third kappa shape index (κ3) is 4.52. The van der Waals surface area contributed by atoms with Gasteiger partial charge in [-0.3, -0.25) is 14.5 Å². The molecular formula is C30H28N2O5S. The van der Waals surface area contributed by atoms with Crippen molar-refractivity contribution in [3.63, 3.8) is 0 Å². The largest absolute Gasteiger partial charge is 0.507 e. The summed E-state index contributed by atoms with van der Waals surface area (Å²) in [4.78, 5) is 33.9. The predicted molar refractivity (Wildman–Crippen MR) is 149 cm³/mol. The Bertz CT molecular complexity index is 1570. The monoisotopic (exact) mass is 528 g/mol. The van der Waals surface area contributed by atoms with Crippen molar-refractivity contribution in [3.8, 4) is 11.5 Å². The van der Waals surface area contributed by atoms with Gasteiger partial charge in [0.2, 0.25) is 0 Å². The number of ether oxygens (including phenoxy) is 2. The molecule has 38 heavy (non-hydrogen) atoms. The number of nitrogens with zero attached hydrogens (tertiary/aromatic N) is 2. The molecule has 1 saturated heterocycles. The molecule has 1 amide bonds. The molecule has 0 bridgehead atoms. The van der Waals surface area contributed by atoms with Crippen molar-refractivity contribution in [3.05, 3.63) is 87.9 Å². The van der Waals surface area contributed by atoms with Gasteiger partial charge in [0.1, 0.15) is 17.3 Å². The first-order chi connectivity index (χ1) is 18.3. The van der Waals surface area contributed by atoms with Gasteiger partial charge in [-0.25, -0.2) is 4.98 Å². The number of Topliss-reactive ketones (excluding diaryl/α,β-unsaturated/α-hetero) is 1. The van der Waals surface area contributed by atoms with Crippen LogP contribution in [0.15, 0.2) is 66.2 Å². The van der Waals surface area contributed by atoms with E-state index in [4.69, 9.17) is 9.47 Å². The third-order valence-electron chi connectivity index (χ3n) is 6.64. The van der Waals surface area contributed by atoms with Crippen LogP contribution in [-0.4, -0.2) is 35.5 Å². The summed E-state index contributed by atoms with van der Waals surface area (Å²) in [7, 11) is 1.61. The zero-order valence-electron chi connectivity index (χ0n) is 21.6. The number of aryl methyl sites for hydroxylation is 2. The van der Waals surface area contributed by atoms with E-state index in [2.05, 4.69) is 4.98 Å². The molecule has 1 aromatic heterocycles. The van der Waals surface area contributed by atoms with Gasteiger partial charge in [-0.1, -0.05) is 37.3 Å². The zero-order chi connectivity index (χ0) is 27.0. The van der Waals surface area contributed by atoms with E-state index in [1.165, 1.54) is 16.2 Å². The Morgan fingerprint density at radius 3 is 2.50 bits per heavy atom. The van der Waals surface area contributed by atoms with Gasteiger partial charge in [-0.2, -0.15) is 0 Å². The van der Waals surface area contributed by atoms with Crippen LogP contribution >= 0.6 is 11.3 Å². The fourth-order valence-corrected chi connectivity index (χ4v) is 5.49. The minimum Gasteiger partial charge on any atom is -0.507 e. The summed E-state index contributed by atoms with van der Waals surface area (Å²) in [5.74, 6) is -0.373. The molecule has 2 heterocycles. The van der Waals surface area contributed by atoms with Crippen LogP contribution in [0.25, 0.3) is 16.5 Å². The summed E-state index contributed by atoms with van der Waals surface area (Å²) in [6.07, 6.45) is 0.841. The standard InChI is InChI=1S/C30H28N2O5S/c1-5-13-37-24-8-6-7-21(16-24)26-25(28(34)29(35)32(26)30-31-17(2)18(3)38-30)27(33)22-10-9-20-15-23(36-4)12-11-19(20)14-22/h6-12,14-16,26,33H,5,13H2,1-4H3/b27-25+. The number of ketones is 1. The first kappa shape index (κ1) is 25.5. The molecule has 0 aliphatic carbocycles. The number of aliphatic hydroxyl groups is 1. The van der Waals surface area contributed by atoms with Crippen LogP contribution in [0.2, 0.25) is 0 Å². The van der Waals surface area contributed by atoms with E-state index in [1.807, 2.05) is 69.3 Å². The van der Waals surface area contributed by atoms with Crippen LogP contribution < -0.4 is 14.4 Å². The van der Waals surface area contributed by atoms with E-state index in [0.717, 1.165) is 33.5 Å². The Labute approximate surface area is 225 Å². The normalized spacial score (nSPS) is 16.8. The number of carbonyl (C=O) groups is 2. The van der Waals surface area contributed by atoms with Gasteiger partial charge in [0, 0.05) is 10.4 Å². The Morgan fingerprint density at radius 2 is 1.79 bits per heavy atom. The highest BCUT2D eigenvalue weighted by Crippen LogP contribution is 2.44. The maximum absolute atomic E-state index is 13.5. The molecule has 194 valence electrons. The summed E-state index contributed by atoms with van der Waals surface area (Å²) in [6.45, 7) is 6.34. The lowest BCUT2D eigenvalue weighted by molar-refractivity contribution is -0.132. The zero-order valence-corrected chi connectivity index (χ0v) is 22.5. The summed E-state index contributed by atoms with van der Waals surface area (Å²) in [5, 5.41) is 13.7. The molecule has 1 fully saturated rings. The highest BCUT2D eigenvalue weighted by molar-refractivity contribution is 7.16. The molecule has 4 aromatic rings. The topological polar surface area (TPSA) is 89.0 Å². The first-order valence-corrected chi connectivity index (χ1v) is 13.2. The van der Waals surface area contributed by atoms with E-state index in [1.54, 1.807) is 19.2 Å². The molecule has 5 rings (SSSR count). The second-order valence-electron chi connectivity index (χ2n) is 9.16. The number of anilines is 1. The number of hydrogen-bond acceptors (Lipinski definition) is 7. The van der Waals surface area contributed by atoms with Crippen LogP contribution in [0.4, 0.5) is 5.13 Å². The molecule has 0 radical (unpaired) electrons. The Balaban J connectivity index is 1.69. The molecular weight excluding hydrogens is 500 g/mol. The average Bonchev–Trinajstić information content (AvgIpc) is 3.40. The SMILES string of the molecule is CCCOc1cccc(C2/C(=C(\O)c3ccc4cc(OC)ccc4c3)C(=O)C(=O)N2c2nc(C)c(C)s2)c1. The molecule has 3 aromatic carbocycles. The lowest BCUT2D eigenvalue weighted by Crippen LogP contribution is -2.29. The second kappa shape index (κ2) is 10.3. The van der Waals surface area contributed by atoms with E-state index in [0.29, 0.717) is 28.6 Å². The van der Waals surface area contributed by atoms with Crippen LogP contribution in [0.3, 0.4) is 0 Å². The van der Waals surface area contributed by atoms with Crippen LogP contribution in [-0.2, 0) is 9.59 Å². The maximum Gasteiger partial charge on any atom is 0.301 e. The average molecular weight is 529 g/mol. The Hall–Kier alpha value is -4.17. The number of aliphatic hydroxyl groups excluding tert-OH is 1. The van der Waals surface area contributed by atoms with Gasteiger partial charge in [-0.05, 0) is 66.9 Å². The fourth-order valence-electron chi connectivity index (χ4n) is 4.55. The minimum absolute atomic E-state index is 0.0148. The Kier molecular flexibility index (Phi) is 6.91. The lowest BCUT2D eigenvalue weighted by Gasteiger charge is -2.23. The Morgan fingerprint density at radius 1 is 1.03 bits per heavy atom. The highest BCUT2D eigenvalue weighted by atomic mass is 32.1. The molecule has 0 spiro atoms. The molecule has 8 heteroatoms. The number of benzene rings is 3. The van der Waals surface area contributed by atoms with Gasteiger partial charge >= 0.3 is 5.91 Å². The van der Waals surface area contributed by atoms with Gasteiger partial charge in [0.05, 0.1) is 31.0 Å². The summed E-state index contributed by atoms with van der Waals surface area (Å²) >= 11 is 1.34. The van der Waals surface area contributed by atoms with Crippen molar-refractivity contribution in [2.75, 3.05) is 18.6 Å².